The first-order valence-electron chi connectivity index (χ1n) is 7.89. The number of nitrogens with two attached hydrogens (primary N) is 1. The Morgan fingerprint density at radius 1 is 1.20 bits per heavy atom. The summed E-state index contributed by atoms with van der Waals surface area (Å²) < 4.78 is 24.6. The first kappa shape index (κ1) is 18.6. The molecule has 0 unspecified atom stereocenters. The predicted molar refractivity (Wildman–Crippen MR) is 95.9 cm³/mol. The third-order valence-electron chi connectivity index (χ3n) is 3.43. The molecule has 2 aromatic carbocycles. The van der Waals surface area contributed by atoms with Crippen LogP contribution in [0.25, 0.3) is 11.1 Å². The number of ether oxygens (including phenoxy) is 2. The maximum Gasteiger partial charge on any atom is 0.407 e. The number of alkyl carbamates (subject to hydrolysis) is 1. The number of methoxy groups -OCH3 is 1. The van der Waals surface area contributed by atoms with Crippen LogP contribution in [0.15, 0.2) is 36.4 Å². The molecule has 0 fully saturated rings. The van der Waals surface area contributed by atoms with Crippen LogP contribution in [0.2, 0.25) is 0 Å². The van der Waals surface area contributed by atoms with Crippen molar-refractivity contribution in [2.45, 2.75) is 32.9 Å². The van der Waals surface area contributed by atoms with Gasteiger partial charge in [-0.05, 0) is 38.5 Å². The van der Waals surface area contributed by atoms with Crippen molar-refractivity contribution < 1.29 is 18.7 Å². The highest BCUT2D eigenvalue weighted by atomic mass is 19.1. The number of benzene rings is 2. The van der Waals surface area contributed by atoms with Crippen LogP contribution >= 0.6 is 0 Å². The molecule has 0 aliphatic heterocycles. The maximum absolute atomic E-state index is 14.4. The number of carbonyl (C=O) groups excluding carboxylic acids is 1. The van der Waals surface area contributed by atoms with E-state index in [2.05, 4.69) is 5.32 Å². The zero-order valence-corrected chi connectivity index (χ0v) is 14.9. The minimum absolute atomic E-state index is 0.160. The molecule has 0 heterocycles. The molecule has 0 aromatic heterocycles. The first-order chi connectivity index (χ1) is 11.7. The molecule has 6 heteroatoms. The minimum Gasteiger partial charge on any atom is -0.494 e. The largest absolute Gasteiger partial charge is 0.494 e. The Hall–Kier alpha value is -2.76. The summed E-state index contributed by atoms with van der Waals surface area (Å²) in [4.78, 5) is 11.7. The van der Waals surface area contributed by atoms with E-state index >= 15 is 0 Å². The Morgan fingerprint density at radius 2 is 1.92 bits per heavy atom. The molecular formula is C19H23FN2O3. The normalized spacial score (nSPS) is 11.1. The van der Waals surface area contributed by atoms with Crippen molar-refractivity contribution in [2.75, 3.05) is 12.8 Å². The van der Waals surface area contributed by atoms with Gasteiger partial charge in [-0.25, -0.2) is 9.18 Å². The monoisotopic (exact) mass is 346 g/mol. The average molecular weight is 346 g/mol. The molecule has 0 atom stereocenters. The quantitative estimate of drug-likeness (QED) is 0.817. The molecule has 0 aliphatic carbocycles. The molecule has 3 N–H and O–H groups in total. The lowest BCUT2D eigenvalue weighted by Gasteiger charge is -2.19. The second-order valence-electron chi connectivity index (χ2n) is 6.60. The van der Waals surface area contributed by atoms with E-state index in [0.717, 1.165) is 5.56 Å². The van der Waals surface area contributed by atoms with Gasteiger partial charge in [0, 0.05) is 23.4 Å². The van der Waals surface area contributed by atoms with E-state index in [4.69, 9.17) is 15.2 Å². The highest BCUT2D eigenvalue weighted by molar-refractivity contribution is 5.78. The van der Waals surface area contributed by atoms with E-state index < -0.39 is 17.5 Å². The van der Waals surface area contributed by atoms with Gasteiger partial charge in [-0.15, -0.1) is 0 Å². The Labute approximate surface area is 146 Å². The molecule has 0 bridgehead atoms. The number of nitrogens with one attached hydrogen (secondary N) is 1. The van der Waals surface area contributed by atoms with E-state index in [0.29, 0.717) is 16.8 Å². The van der Waals surface area contributed by atoms with E-state index in [1.807, 2.05) is 0 Å². The topological polar surface area (TPSA) is 73.6 Å². The van der Waals surface area contributed by atoms with E-state index in [9.17, 15) is 9.18 Å². The Kier molecular flexibility index (Phi) is 5.51. The number of carbonyl (C=O) groups is 1. The lowest BCUT2D eigenvalue weighted by molar-refractivity contribution is 0.0523. The van der Waals surface area contributed by atoms with E-state index in [-0.39, 0.29) is 12.3 Å². The average Bonchev–Trinajstić information content (AvgIpc) is 2.52. The van der Waals surface area contributed by atoms with Crippen LogP contribution in [0.4, 0.5) is 14.9 Å². The summed E-state index contributed by atoms with van der Waals surface area (Å²) in [7, 11) is 1.41. The molecule has 0 spiro atoms. The fourth-order valence-corrected chi connectivity index (χ4v) is 2.33. The standard InChI is InChI=1S/C19H23FN2O3/c1-19(2,3)25-18(23)22-11-12-8-9-13(15(21)10-12)14-6-5-7-16(24-4)17(14)20/h5-10H,11,21H2,1-4H3,(H,22,23). The Balaban J connectivity index is 2.15. The van der Waals surface area contributed by atoms with Crippen LogP contribution in [-0.2, 0) is 11.3 Å². The summed E-state index contributed by atoms with van der Waals surface area (Å²) >= 11 is 0. The predicted octanol–water partition coefficient (Wildman–Crippen LogP) is 4.11. The van der Waals surface area contributed by atoms with Gasteiger partial charge in [0.25, 0.3) is 0 Å². The summed E-state index contributed by atoms with van der Waals surface area (Å²) in [6, 6.07) is 10.1. The molecule has 2 aromatic rings. The van der Waals surface area contributed by atoms with Gasteiger partial charge in [-0.1, -0.05) is 24.3 Å². The summed E-state index contributed by atoms with van der Waals surface area (Å²) in [6.07, 6.45) is -0.506. The maximum atomic E-state index is 14.4. The molecule has 134 valence electrons. The number of nitrogen functional groups attached to an aromatic ring is 1. The van der Waals surface area contributed by atoms with Gasteiger partial charge in [0.15, 0.2) is 11.6 Å². The van der Waals surface area contributed by atoms with Crippen molar-refractivity contribution in [1.29, 1.82) is 0 Å². The zero-order chi connectivity index (χ0) is 18.6. The molecule has 25 heavy (non-hydrogen) atoms. The SMILES string of the molecule is COc1cccc(-c2ccc(CNC(=O)OC(C)(C)C)cc2N)c1F. The number of hydrogen-bond donors (Lipinski definition) is 2. The summed E-state index contributed by atoms with van der Waals surface area (Å²) in [5.41, 5.74) is 7.64. The van der Waals surface area contributed by atoms with Crippen LogP contribution in [0.3, 0.4) is 0 Å². The van der Waals surface area contributed by atoms with Gasteiger partial charge in [0.2, 0.25) is 0 Å². The molecule has 0 saturated heterocycles. The smallest absolute Gasteiger partial charge is 0.407 e. The van der Waals surface area contributed by atoms with Crippen LogP contribution in [0.1, 0.15) is 26.3 Å². The molecule has 1 amide bonds. The Bertz CT molecular complexity index is 770. The Morgan fingerprint density at radius 3 is 2.52 bits per heavy atom. The van der Waals surface area contributed by atoms with Crippen molar-refractivity contribution in [3.63, 3.8) is 0 Å². The highest BCUT2D eigenvalue weighted by Gasteiger charge is 2.16. The molecule has 0 radical (unpaired) electrons. The molecule has 5 nitrogen and oxygen atoms in total. The summed E-state index contributed by atoms with van der Waals surface area (Å²) in [5.74, 6) is -0.302. The van der Waals surface area contributed by atoms with Crippen molar-refractivity contribution in [3.8, 4) is 16.9 Å². The minimum atomic E-state index is -0.559. The molecular weight excluding hydrogens is 323 g/mol. The van der Waals surface area contributed by atoms with Gasteiger partial charge in [0.05, 0.1) is 7.11 Å². The number of halogens is 1. The van der Waals surface area contributed by atoms with Gasteiger partial charge in [0.1, 0.15) is 5.60 Å². The molecule has 0 aliphatic rings. The van der Waals surface area contributed by atoms with Gasteiger partial charge in [-0.2, -0.15) is 0 Å². The van der Waals surface area contributed by atoms with Crippen molar-refractivity contribution in [1.82, 2.24) is 5.32 Å². The van der Waals surface area contributed by atoms with Crippen LogP contribution in [0, 0.1) is 5.82 Å². The lowest BCUT2D eigenvalue weighted by atomic mass is 10.0. The van der Waals surface area contributed by atoms with Gasteiger partial charge < -0.3 is 20.5 Å². The van der Waals surface area contributed by atoms with Gasteiger partial charge in [-0.3, -0.25) is 0 Å². The number of hydrogen-bond acceptors (Lipinski definition) is 4. The number of rotatable bonds is 4. The van der Waals surface area contributed by atoms with E-state index in [1.165, 1.54) is 7.11 Å². The van der Waals surface area contributed by atoms with Gasteiger partial charge >= 0.3 is 6.09 Å². The van der Waals surface area contributed by atoms with Crippen LogP contribution in [-0.4, -0.2) is 18.8 Å². The fraction of sp³-hybridized carbons (Fsp3) is 0.316. The van der Waals surface area contributed by atoms with Crippen molar-refractivity contribution >= 4 is 11.8 Å². The van der Waals surface area contributed by atoms with Crippen LogP contribution in [0.5, 0.6) is 5.75 Å². The first-order valence-corrected chi connectivity index (χ1v) is 7.89. The third-order valence-corrected chi connectivity index (χ3v) is 3.43. The zero-order valence-electron chi connectivity index (χ0n) is 14.9. The molecule has 2 rings (SSSR count). The van der Waals surface area contributed by atoms with Crippen molar-refractivity contribution in [2.24, 2.45) is 0 Å². The number of anilines is 1. The lowest BCUT2D eigenvalue weighted by Crippen LogP contribution is -2.32. The second-order valence-corrected chi connectivity index (χ2v) is 6.60. The number of amides is 1. The molecule has 0 saturated carbocycles. The van der Waals surface area contributed by atoms with Crippen molar-refractivity contribution in [3.05, 3.63) is 47.8 Å². The fourth-order valence-electron chi connectivity index (χ4n) is 2.33. The van der Waals surface area contributed by atoms with E-state index in [1.54, 1.807) is 57.2 Å². The highest BCUT2D eigenvalue weighted by Crippen LogP contribution is 2.33. The third kappa shape index (κ3) is 4.86. The van der Waals surface area contributed by atoms with Crippen LogP contribution < -0.4 is 15.8 Å². The second kappa shape index (κ2) is 7.42. The summed E-state index contributed by atoms with van der Waals surface area (Å²) in [6.45, 7) is 5.64. The summed E-state index contributed by atoms with van der Waals surface area (Å²) in [5, 5.41) is 2.66.